The van der Waals surface area contributed by atoms with E-state index in [0.717, 1.165) is 54.7 Å². The Hall–Kier alpha value is -2.97. The Morgan fingerprint density at radius 1 is 0.812 bits per heavy atom. The van der Waals surface area contributed by atoms with Crippen LogP contribution in [-0.2, 0) is 4.79 Å². The minimum absolute atomic E-state index is 0.0434. The summed E-state index contributed by atoms with van der Waals surface area (Å²) >= 11 is 0. The summed E-state index contributed by atoms with van der Waals surface area (Å²) in [5.74, 6) is 13.9. The van der Waals surface area contributed by atoms with E-state index < -0.39 is 0 Å². The number of hydrogen-bond acceptors (Lipinski definition) is 2. The average Bonchev–Trinajstić information content (AvgIpc) is 2.83. The molecule has 32 heavy (non-hydrogen) atoms. The molecular weight excluding hydrogens is 392 g/mol. The normalized spacial score (nSPS) is 17.4. The van der Waals surface area contributed by atoms with Gasteiger partial charge in [-0.3, -0.25) is 4.79 Å². The molecule has 2 nitrogen and oxygen atoms in total. The van der Waals surface area contributed by atoms with Crippen LogP contribution in [-0.4, -0.2) is 5.97 Å². The number of benzene rings is 2. The van der Waals surface area contributed by atoms with Crippen LogP contribution in [0.1, 0.15) is 88.3 Å². The molecule has 0 spiro atoms. The van der Waals surface area contributed by atoms with Gasteiger partial charge < -0.3 is 4.74 Å². The number of carbonyl (C=O) groups is 1. The van der Waals surface area contributed by atoms with Crippen molar-refractivity contribution < 1.29 is 9.53 Å². The Bertz CT molecular complexity index is 970. The second kappa shape index (κ2) is 12.8. The Kier molecular flexibility index (Phi) is 9.46. The molecule has 2 aromatic carbocycles. The third-order valence-corrected chi connectivity index (χ3v) is 6.11. The highest BCUT2D eigenvalue weighted by molar-refractivity contribution is 5.75. The monoisotopic (exact) mass is 426 g/mol. The summed E-state index contributed by atoms with van der Waals surface area (Å²) in [5, 5.41) is 0. The number of hydrogen-bond donors (Lipinski definition) is 0. The average molecular weight is 427 g/mol. The number of rotatable bonds is 6. The van der Waals surface area contributed by atoms with Crippen molar-refractivity contribution in [3.63, 3.8) is 0 Å². The lowest BCUT2D eigenvalue weighted by molar-refractivity contribution is -0.140. The molecule has 0 aromatic heterocycles. The first kappa shape index (κ1) is 23.7. The van der Waals surface area contributed by atoms with E-state index in [-0.39, 0.29) is 11.9 Å². The topological polar surface area (TPSA) is 26.3 Å². The van der Waals surface area contributed by atoms with Gasteiger partial charge in [0.15, 0.2) is 0 Å². The molecule has 0 radical (unpaired) electrons. The minimum atomic E-state index is -0.0814. The summed E-state index contributed by atoms with van der Waals surface area (Å²) in [6, 6.07) is 15.4. The summed E-state index contributed by atoms with van der Waals surface area (Å²) in [6.45, 7) is 4.29. The van der Waals surface area contributed by atoms with Crippen LogP contribution in [0.3, 0.4) is 0 Å². The molecule has 0 amide bonds. The first-order valence-electron chi connectivity index (χ1n) is 12.1. The fourth-order valence-electron chi connectivity index (χ4n) is 4.15. The van der Waals surface area contributed by atoms with Crippen LogP contribution >= 0.6 is 0 Å². The van der Waals surface area contributed by atoms with E-state index >= 15 is 0 Å². The van der Waals surface area contributed by atoms with E-state index in [9.17, 15) is 4.79 Å². The Balaban J connectivity index is 1.48. The molecule has 0 saturated heterocycles. The fourth-order valence-corrected chi connectivity index (χ4v) is 4.15. The zero-order chi connectivity index (χ0) is 22.6. The van der Waals surface area contributed by atoms with Gasteiger partial charge in [-0.25, -0.2) is 0 Å². The van der Waals surface area contributed by atoms with Crippen molar-refractivity contribution in [3.05, 3.63) is 65.2 Å². The summed E-state index contributed by atoms with van der Waals surface area (Å²) < 4.78 is 5.65. The van der Waals surface area contributed by atoms with Crippen molar-refractivity contribution in [2.24, 2.45) is 11.8 Å². The second-order valence-corrected chi connectivity index (χ2v) is 8.64. The largest absolute Gasteiger partial charge is 0.426 e. The lowest BCUT2D eigenvalue weighted by atomic mass is 9.80. The van der Waals surface area contributed by atoms with Crippen molar-refractivity contribution in [2.75, 3.05) is 0 Å². The number of carbonyl (C=O) groups excluding carboxylic acids is 1. The van der Waals surface area contributed by atoms with Gasteiger partial charge in [0.05, 0.1) is 5.92 Å². The van der Waals surface area contributed by atoms with Gasteiger partial charge in [0, 0.05) is 23.1 Å². The fraction of sp³-hybridized carbons (Fsp3) is 0.433. The predicted octanol–water partition coefficient (Wildman–Crippen LogP) is 7.14. The van der Waals surface area contributed by atoms with E-state index in [1.54, 1.807) is 0 Å². The van der Waals surface area contributed by atoms with E-state index in [4.69, 9.17) is 4.74 Å². The van der Waals surface area contributed by atoms with Crippen LogP contribution < -0.4 is 4.74 Å². The van der Waals surface area contributed by atoms with E-state index in [1.165, 1.54) is 25.7 Å². The zero-order valence-electron chi connectivity index (χ0n) is 19.5. The number of unbranched alkanes of at least 4 members (excludes halogenated alkanes) is 2. The van der Waals surface area contributed by atoms with Gasteiger partial charge in [-0.1, -0.05) is 63.2 Å². The molecule has 166 valence electrons. The van der Waals surface area contributed by atoms with Crippen LogP contribution in [0.15, 0.2) is 48.5 Å². The van der Waals surface area contributed by atoms with Crippen molar-refractivity contribution in [2.45, 2.75) is 71.6 Å². The molecule has 0 atom stereocenters. The molecule has 0 bridgehead atoms. The number of ether oxygens (including phenoxy) is 1. The summed E-state index contributed by atoms with van der Waals surface area (Å²) in [7, 11) is 0. The van der Waals surface area contributed by atoms with E-state index in [0.29, 0.717) is 5.75 Å². The molecule has 1 saturated carbocycles. The highest BCUT2D eigenvalue weighted by Crippen LogP contribution is 2.33. The third kappa shape index (κ3) is 7.62. The quantitative estimate of drug-likeness (QED) is 0.212. The van der Waals surface area contributed by atoms with Crippen molar-refractivity contribution in [1.82, 2.24) is 0 Å². The SMILES string of the molecule is CCC#Cc1ccc(C#Cc2ccc(OC(=O)C3CCC(CCCCC)CC3)cc2)cc1. The van der Waals surface area contributed by atoms with Gasteiger partial charge in [0.1, 0.15) is 5.75 Å². The first-order chi connectivity index (χ1) is 15.7. The molecule has 1 fully saturated rings. The Morgan fingerprint density at radius 3 is 1.94 bits per heavy atom. The lowest BCUT2D eigenvalue weighted by Crippen LogP contribution is -2.25. The van der Waals surface area contributed by atoms with E-state index in [2.05, 4.69) is 30.6 Å². The van der Waals surface area contributed by atoms with Gasteiger partial charge in [0.2, 0.25) is 0 Å². The van der Waals surface area contributed by atoms with Crippen molar-refractivity contribution in [3.8, 4) is 29.4 Å². The van der Waals surface area contributed by atoms with Gasteiger partial charge in [0.25, 0.3) is 0 Å². The third-order valence-electron chi connectivity index (χ3n) is 6.11. The smallest absolute Gasteiger partial charge is 0.314 e. The predicted molar refractivity (Wildman–Crippen MR) is 131 cm³/mol. The standard InChI is InChI=1S/C30H34O2/c1-3-5-7-9-25-16-20-28(21-17-25)30(31)32-29-22-18-27(19-23-29)15-14-26-12-10-24(11-13-26)8-6-4-2/h10-13,18-19,22-23,25,28H,3-5,7,9,16-17,20-21H2,1-2H3. The molecular formula is C30H34O2. The molecule has 0 N–H and O–H groups in total. The van der Waals surface area contributed by atoms with Gasteiger partial charge >= 0.3 is 5.97 Å². The Morgan fingerprint density at radius 2 is 1.38 bits per heavy atom. The maximum Gasteiger partial charge on any atom is 0.314 e. The van der Waals surface area contributed by atoms with E-state index in [1.807, 2.05) is 55.5 Å². The number of esters is 1. The highest BCUT2D eigenvalue weighted by Gasteiger charge is 2.27. The second-order valence-electron chi connectivity index (χ2n) is 8.64. The van der Waals surface area contributed by atoms with Crippen LogP contribution in [0.2, 0.25) is 0 Å². The molecule has 1 aliphatic rings. The molecule has 2 aromatic rings. The summed E-state index contributed by atoms with van der Waals surface area (Å²) in [5.41, 5.74) is 2.86. The summed E-state index contributed by atoms with van der Waals surface area (Å²) in [6.07, 6.45) is 10.3. The zero-order valence-corrected chi connectivity index (χ0v) is 19.5. The lowest BCUT2D eigenvalue weighted by Gasteiger charge is -2.27. The van der Waals surface area contributed by atoms with Gasteiger partial charge in [-0.15, -0.1) is 0 Å². The Labute approximate surface area is 193 Å². The molecule has 0 heterocycles. The van der Waals surface area contributed by atoms with Crippen LogP contribution in [0.4, 0.5) is 0 Å². The van der Waals surface area contributed by atoms with Crippen LogP contribution in [0, 0.1) is 35.5 Å². The maximum absolute atomic E-state index is 12.6. The van der Waals surface area contributed by atoms with Crippen molar-refractivity contribution in [1.29, 1.82) is 0 Å². The highest BCUT2D eigenvalue weighted by atomic mass is 16.5. The van der Waals surface area contributed by atoms with Gasteiger partial charge in [-0.05, 0) is 80.1 Å². The van der Waals surface area contributed by atoms with Crippen LogP contribution in [0.25, 0.3) is 0 Å². The molecule has 3 rings (SSSR count). The molecule has 0 unspecified atom stereocenters. The van der Waals surface area contributed by atoms with Gasteiger partial charge in [-0.2, -0.15) is 0 Å². The minimum Gasteiger partial charge on any atom is -0.426 e. The van der Waals surface area contributed by atoms with Crippen LogP contribution in [0.5, 0.6) is 5.75 Å². The first-order valence-corrected chi connectivity index (χ1v) is 12.1. The molecule has 1 aliphatic carbocycles. The summed E-state index contributed by atoms with van der Waals surface area (Å²) in [4.78, 5) is 12.6. The van der Waals surface area contributed by atoms with Crippen molar-refractivity contribution >= 4 is 5.97 Å². The maximum atomic E-state index is 12.6. The molecule has 0 aliphatic heterocycles. The molecule has 2 heteroatoms.